The van der Waals surface area contributed by atoms with Gasteiger partial charge in [0, 0.05) is 33.3 Å². The Balaban J connectivity index is 1.42. The third-order valence-electron chi connectivity index (χ3n) is 5.72. The summed E-state index contributed by atoms with van der Waals surface area (Å²) in [6.45, 7) is 4.66. The second-order valence-corrected chi connectivity index (χ2v) is 8.02. The molecule has 1 amide bonds. The minimum atomic E-state index is -0.428. The van der Waals surface area contributed by atoms with Gasteiger partial charge in [-0.1, -0.05) is 5.16 Å². The molecule has 156 valence electrons. The van der Waals surface area contributed by atoms with Gasteiger partial charge in [0.2, 0.25) is 0 Å². The van der Waals surface area contributed by atoms with Crippen molar-refractivity contribution in [3.63, 3.8) is 0 Å². The molecule has 0 radical (unpaired) electrons. The molecule has 30 heavy (non-hydrogen) atoms. The maximum atomic E-state index is 13.3. The number of halogens is 1. The number of rotatable bonds is 4. The first-order valence-corrected chi connectivity index (χ1v) is 9.60. The van der Waals surface area contributed by atoms with Crippen LogP contribution in [-0.2, 0) is 11.8 Å². The summed E-state index contributed by atoms with van der Waals surface area (Å²) in [4.78, 5) is 20.6. The summed E-state index contributed by atoms with van der Waals surface area (Å²) in [6.07, 6.45) is 1.13. The average molecular weight is 412 g/mol. The van der Waals surface area contributed by atoms with Crippen LogP contribution in [0.15, 0.2) is 28.9 Å². The number of hydrogen-bond donors (Lipinski definition) is 0. The van der Waals surface area contributed by atoms with Gasteiger partial charge < -0.3 is 19.1 Å². The quantitative estimate of drug-likeness (QED) is 0.649. The summed E-state index contributed by atoms with van der Waals surface area (Å²) in [5.41, 5.74) is 2.27. The predicted octanol–water partition coefficient (Wildman–Crippen LogP) is 2.16. The summed E-state index contributed by atoms with van der Waals surface area (Å²) in [6, 6.07) is 4.61. The van der Waals surface area contributed by atoms with E-state index in [0.717, 1.165) is 19.4 Å². The van der Waals surface area contributed by atoms with Crippen molar-refractivity contribution in [3.8, 4) is 11.4 Å². The van der Waals surface area contributed by atoms with E-state index in [1.807, 2.05) is 11.9 Å². The zero-order valence-electron chi connectivity index (χ0n) is 16.9. The summed E-state index contributed by atoms with van der Waals surface area (Å²) < 4.78 is 25.5. The van der Waals surface area contributed by atoms with Crippen LogP contribution in [0.4, 0.5) is 15.9 Å². The minimum absolute atomic E-state index is 0.0513. The standard InChI is InChI=1S/C20H21FN6O3/c1-12-18(17(24-30-12)14-5-4-13(21)7-22-14)25(2)16-6-15(26(3)23-16)19(28)27-8-20(9-27)10-29-11-20/h4-7H,8-11H2,1-3H3. The molecule has 5 rings (SSSR count). The lowest BCUT2D eigenvalue weighted by atomic mass is 9.78. The average Bonchev–Trinajstić information content (AvgIpc) is 3.22. The molecule has 9 nitrogen and oxygen atoms in total. The Kier molecular flexibility index (Phi) is 4.14. The van der Waals surface area contributed by atoms with Gasteiger partial charge in [-0.15, -0.1) is 0 Å². The lowest BCUT2D eigenvalue weighted by molar-refractivity contribution is -0.176. The number of hydrogen-bond acceptors (Lipinski definition) is 7. The van der Waals surface area contributed by atoms with Crippen LogP contribution in [0, 0.1) is 18.2 Å². The van der Waals surface area contributed by atoms with Crippen molar-refractivity contribution in [1.82, 2.24) is 24.8 Å². The molecule has 0 N–H and O–H groups in total. The highest BCUT2D eigenvalue weighted by molar-refractivity contribution is 5.94. The van der Waals surface area contributed by atoms with Crippen molar-refractivity contribution in [1.29, 1.82) is 0 Å². The third kappa shape index (κ3) is 2.86. The van der Waals surface area contributed by atoms with Crippen LogP contribution in [0.1, 0.15) is 16.2 Å². The van der Waals surface area contributed by atoms with Gasteiger partial charge in [-0.25, -0.2) is 4.39 Å². The Morgan fingerprint density at radius 3 is 2.70 bits per heavy atom. The maximum absolute atomic E-state index is 13.3. The fraction of sp³-hybridized carbons (Fsp3) is 0.400. The van der Waals surface area contributed by atoms with Crippen LogP contribution in [0.2, 0.25) is 0 Å². The Hall–Kier alpha value is -3.27. The maximum Gasteiger partial charge on any atom is 0.272 e. The number of pyridine rings is 1. The first-order valence-electron chi connectivity index (χ1n) is 9.60. The number of aryl methyl sites for hydroxylation is 2. The van der Waals surface area contributed by atoms with Gasteiger partial charge in [-0.2, -0.15) is 5.10 Å². The fourth-order valence-electron chi connectivity index (χ4n) is 4.02. The van der Waals surface area contributed by atoms with Gasteiger partial charge in [-0.05, 0) is 19.1 Å². The summed E-state index contributed by atoms with van der Waals surface area (Å²) in [5.74, 6) is 0.650. The smallest absolute Gasteiger partial charge is 0.272 e. The van der Waals surface area contributed by atoms with Crippen LogP contribution >= 0.6 is 0 Å². The van der Waals surface area contributed by atoms with Gasteiger partial charge >= 0.3 is 0 Å². The van der Waals surface area contributed by atoms with Crippen LogP contribution in [0.5, 0.6) is 0 Å². The normalized spacial score (nSPS) is 17.0. The Labute approximate surface area is 172 Å². The highest BCUT2D eigenvalue weighted by Crippen LogP contribution is 2.39. The van der Waals surface area contributed by atoms with E-state index in [-0.39, 0.29) is 11.3 Å². The highest BCUT2D eigenvalue weighted by atomic mass is 19.1. The second kappa shape index (κ2) is 6.63. The highest BCUT2D eigenvalue weighted by Gasteiger charge is 2.51. The number of nitrogens with zero attached hydrogens (tertiary/aromatic N) is 6. The largest absolute Gasteiger partial charge is 0.380 e. The SMILES string of the molecule is Cc1onc(-c2ccc(F)cn2)c1N(C)c1cc(C(=O)N2CC3(COC3)C2)n(C)n1. The molecule has 2 aliphatic rings. The molecule has 0 bridgehead atoms. The first-order chi connectivity index (χ1) is 14.4. The van der Waals surface area contributed by atoms with E-state index in [1.165, 1.54) is 6.07 Å². The Morgan fingerprint density at radius 2 is 2.07 bits per heavy atom. The van der Waals surface area contributed by atoms with Crippen LogP contribution in [0.3, 0.4) is 0 Å². The summed E-state index contributed by atoms with van der Waals surface area (Å²) in [5, 5.41) is 8.60. The molecule has 0 aliphatic carbocycles. The monoisotopic (exact) mass is 412 g/mol. The van der Waals surface area contributed by atoms with Gasteiger partial charge in [-0.3, -0.25) is 14.5 Å². The Morgan fingerprint density at radius 1 is 1.30 bits per heavy atom. The predicted molar refractivity (Wildman–Crippen MR) is 105 cm³/mol. The lowest BCUT2D eigenvalue weighted by Gasteiger charge is -2.54. The van der Waals surface area contributed by atoms with Crippen molar-refractivity contribution in [3.05, 3.63) is 41.7 Å². The van der Waals surface area contributed by atoms with Crippen molar-refractivity contribution in [2.24, 2.45) is 12.5 Å². The zero-order valence-corrected chi connectivity index (χ0v) is 16.9. The molecular weight excluding hydrogens is 391 g/mol. The number of aromatic nitrogens is 4. The summed E-state index contributed by atoms with van der Waals surface area (Å²) in [7, 11) is 3.56. The topological polar surface area (TPSA) is 89.5 Å². The van der Waals surface area contributed by atoms with E-state index >= 15 is 0 Å². The van der Waals surface area contributed by atoms with E-state index in [2.05, 4.69) is 15.2 Å². The Bertz CT molecular complexity index is 1110. The van der Waals surface area contributed by atoms with Gasteiger partial charge in [0.15, 0.2) is 17.3 Å². The molecule has 2 aliphatic heterocycles. The first kappa shape index (κ1) is 18.7. The molecule has 3 aromatic rings. The van der Waals surface area contributed by atoms with E-state index in [9.17, 15) is 9.18 Å². The van der Waals surface area contributed by atoms with Crippen molar-refractivity contribution < 1.29 is 18.4 Å². The minimum Gasteiger partial charge on any atom is -0.380 e. The van der Waals surface area contributed by atoms with Crippen molar-refractivity contribution in [2.75, 3.05) is 38.3 Å². The van der Waals surface area contributed by atoms with E-state index in [4.69, 9.17) is 9.26 Å². The number of likely N-dealkylation sites (tertiary alicyclic amines) is 1. The van der Waals surface area contributed by atoms with E-state index < -0.39 is 5.82 Å². The molecule has 3 aromatic heterocycles. The van der Waals surface area contributed by atoms with E-state index in [0.29, 0.717) is 47.4 Å². The van der Waals surface area contributed by atoms with Crippen molar-refractivity contribution >= 4 is 17.4 Å². The number of amides is 1. The molecule has 2 fully saturated rings. The van der Waals surface area contributed by atoms with Crippen LogP contribution in [0.25, 0.3) is 11.4 Å². The van der Waals surface area contributed by atoms with E-state index in [1.54, 1.807) is 35.7 Å². The van der Waals surface area contributed by atoms with Crippen LogP contribution in [-0.4, -0.2) is 64.1 Å². The number of anilines is 2. The molecular formula is C20H21FN6O3. The molecule has 5 heterocycles. The second-order valence-electron chi connectivity index (χ2n) is 8.02. The zero-order chi connectivity index (χ0) is 21.0. The fourth-order valence-corrected chi connectivity index (χ4v) is 4.02. The van der Waals surface area contributed by atoms with Gasteiger partial charge in [0.1, 0.15) is 17.2 Å². The number of carbonyl (C=O) groups is 1. The summed E-state index contributed by atoms with van der Waals surface area (Å²) >= 11 is 0. The van der Waals surface area contributed by atoms with Crippen LogP contribution < -0.4 is 4.90 Å². The molecule has 0 atom stereocenters. The number of carbonyl (C=O) groups excluding carboxylic acids is 1. The molecule has 0 saturated carbocycles. The van der Waals surface area contributed by atoms with Crippen molar-refractivity contribution in [2.45, 2.75) is 6.92 Å². The number of ether oxygens (including phenoxy) is 1. The third-order valence-corrected chi connectivity index (χ3v) is 5.72. The molecule has 0 unspecified atom stereocenters. The lowest BCUT2D eigenvalue weighted by Crippen LogP contribution is -2.67. The molecule has 10 heteroatoms. The molecule has 2 saturated heterocycles. The molecule has 1 spiro atoms. The van der Waals surface area contributed by atoms with Gasteiger partial charge in [0.25, 0.3) is 5.91 Å². The van der Waals surface area contributed by atoms with Gasteiger partial charge in [0.05, 0.1) is 30.5 Å². The molecule has 0 aromatic carbocycles.